The van der Waals surface area contributed by atoms with Crippen molar-refractivity contribution in [3.8, 4) is 0 Å². The minimum atomic E-state index is -1.90. The lowest BCUT2D eigenvalue weighted by Gasteiger charge is -2.49. The van der Waals surface area contributed by atoms with Gasteiger partial charge in [-0.3, -0.25) is 0 Å². The molecule has 0 aromatic carbocycles. The predicted octanol–water partition coefficient (Wildman–Crippen LogP) is 11.5. The zero-order valence-corrected chi connectivity index (χ0v) is 30.5. The summed E-state index contributed by atoms with van der Waals surface area (Å²) in [5.41, 5.74) is 5.40. The molecule has 0 aromatic rings. The molecule has 226 valence electrons. The molecule has 0 heterocycles. The van der Waals surface area contributed by atoms with E-state index in [1.807, 2.05) is 0 Å². The lowest BCUT2D eigenvalue weighted by Crippen LogP contribution is -2.49. The molecule has 0 radical (unpaired) electrons. The molecule has 3 atom stereocenters. The first kappa shape index (κ1) is 34.8. The van der Waals surface area contributed by atoms with E-state index in [1.54, 1.807) is 5.57 Å². The SMILES string of the molecule is C=C1/C(=C\C=C2/CCC[C@@](C)(CCOCCC(C)C)C2)C[C@@H]([Si](C)(C)C(C)(C)C)C[C@@H]1O[Si](C)(C)C(C)(C)C. The van der Waals surface area contributed by atoms with Crippen LogP contribution in [-0.2, 0) is 9.16 Å². The number of hydrogen-bond acceptors (Lipinski definition) is 2. The van der Waals surface area contributed by atoms with Gasteiger partial charge in [0.2, 0.25) is 0 Å². The third kappa shape index (κ3) is 9.55. The van der Waals surface area contributed by atoms with E-state index in [9.17, 15) is 0 Å². The number of allylic oxidation sites excluding steroid dienone is 3. The Morgan fingerprint density at radius 3 is 2.21 bits per heavy atom. The molecule has 2 rings (SSSR count). The van der Waals surface area contributed by atoms with Crippen molar-refractivity contribution in [2.45, 2.75) is 162 Å². The fourth-order valence-corrected chi connectivity index (χ4v) is 9.92. The first-order valence-corrected chi connectivity index (χ1v) is 22.0. The van der Waals surface area contributed by atoms with Crippen LogP contribution in [0.3, 0.4) is 0 Å². The monoisotopic (exact) mass is 574 g/mol. The molecule has 0 aliphatic heterocycles. The molecule has 2 aliphatic rings. The number of hydrogen-bond donors (Lipinski definition) is 0. The molecule has 2 aliphatic carbocycles. The van der Waals surface area contributed by atoms with Crippen molar-refractivity contribution in [1.29, 1.82) is 0 Å². The second-order valence-electron chi connectivity index (χ2n) is 16.9. The highest BCUT2D eigenvalue weighted by Crippen LogP contribution is 2.53. The molecule has 0 bridgehead atoms. The van der Waals surface area contributed by atoms with E-state index in [4.69, 9.17) is 9.16 Å². The van der Waals surface area contributed by atoms with Crippen molar-refractivity contribution in [3.63, 3.8) is 0 Å². The van der Waals surface area contributed by atoms with Crippen molar-refractivity contribution >= 4 is 16.4 Å². The second-order valence-corrected chi connectivity index (χ2v) is 27.4. The van der Waals surface area contributed by atoms with Crippen LogP contribution in [0.1, 0.15) is 114 Å². The third-order valence-electron chi connectivity index (χ3n) is 11.1. The average molecular weight is 575 g/mol. The van der Waals surface area contributed by atoms with Gasteiger partial charge in [-0.15, -0.1) is 0 Å². The van der Waals surface area contributed by atoms with E-state index in [1.165, 1.54) is 43.3 Å². The van der Waals surface area contributed by atoms with Gasteiger partial charge in [-0.1, -0.05) is 99.7 Å². The lowest BCUT2D eigenvalue weighted by atomic mass is 9.71. The van der Waals surface area contributed by atoms with Crippen LogP contribution in [0, 0.1) is 11.3 Å². The Hall–Kier alpha value is -0.426. The summed E-state index contributed by atoms with van der Waals surface area (Å²) in [4.78, 5) is 0. The largest absolute Gasteiger partial charge is 0.410 e. The summed E-state index contributed by atoms with van der Waals surface area (Å²) < 4.78 is 13.1. The highest BCUT2D eigenvalue weighted by atomic mass is 28.4. The molecule has 0 N–H and O–H groups in total. The Balaban J connectivity index is 2.26. The quantitative estimate of drug-likeness (QED) is 0.191. The van der Waals surface area contributed by atoms with Gasteiger partial charge in [0, 0.05) is 13.2 Å². The maximum absolute atomic E-state index is 7.11. The molecule has 0 spiro atoms. The summed E-state index contributed by atoms with van der Waals surface area (Å²) in [6.07, 6.45) is 14.8. The van der Waals surface area contributed by atoms with Gasteiger partial charge in [0.05, 0.1) is 14.2 Å². The fraction of sp³-hybridized carbons (Fsp3) is 0.829. The van der Waals surface area contributed by atoms with E-state index in [0.717, 1.165) is 38.4 Å². The van der Waals surface area contributed by atoms with Crippen LogP contribution in [-0.4, -0.2) is 35.7 Å². The van der Waals surface area contributed by atoms with Crippen molar-refractivity contribution in [1.82, 2.24) is 0 Å². The van der Waals surface area contributed by atoms with Crippen molar-refractivity contribution in [2.24, 2.45) is 11.3 Å². The maximum Gasteiger partial charge on any atom is 0.192 e. The summed E-state index contributed by atoms with van der Waals surface area (Å²) in [5, 5.41) is 0.567. The predicted molar refractivity (Wildman–Crippen MR) is 179 cm³/mol. The molecular weight excluding hydrogens is 509 g/mol. The van der Waals surface area contributed by atoms with Gasteiger partial charge in [-0.2, -0.15) is 0 Å². The maximum atomic E-state index is 7.11. The Labute approximate surface area is 246 Å². The standard InChI is InChI=1S/C35H66O2Si2/c1-27(2)19-22-36-23-21-35(10)20-15-16-29(26-35)17-18-30-24-31(38(11,12)33(4,5)6)25-32(28(30)3)37-39(13,14)34(7,8)9/h17-18,27,31-32H,3,15-16,19-26H2,1-2,4-14H3/b29-17+,30-18-/t31-,32+,35+/m1/s1. The normalized spacial score (nSPS) is 28.1. The summed E-state index contributed by atoms with van der Waals surface area (Å²) in [6, 6.07) is 0. The Morgan fingerprint density at radius 2 is 1.64 bits per heavy atom. The molecule has 0 amide bonds. The molecule has 2 saturated carbocycles. The molecule has 2 nitrogen and oxygen atoms in total. The van der Waals surface area contributed by atoms with Crippen LogP contribution in [0.2, 0.25) is 41.8 Å². The summed E-state index contributed by atoms with van der Waals surface area (Å²) in [7, 11) is -3.44. The lowest BCUT2D eigenvalue weighted by molar-refractivity contribution is 0.0837. The minimum absolute atomic E-state index is 0.156. The summed E-state index contributed by atoms with van der Waals surface area (Å²) in [5.74, 6) is 0.718. The fourth-order valence-electron chi connectivity index (χ4n) is 5.86. The molecular formula is C35H66O2Si2. The van der Waals surface area contributed by atoms with Gasteiger partial charge in [0.25, 0.3) is 0 Å². The van der Waals surface area contributed by atoms with E-state index in [2.05, 4.69) is 107 Å². The van der Waals surface area contributed by atoms with Gasteiger partial charge in [-0.25, -0.2) is 0 Å². The first-order chi connectivity index (χ1) is 17.7. The Bertz CT molecular complexity index is 881. The van der Waals surface area contributed by atoms with Crippen LogP contribution < -0.4 is 0 Å². The highest BCUT2D eigenvalue weighted by Gasteiger charge is 2.47. The van der Waals surface area contributed by atoms with E-state index in [0.29, 0.717) is 16.0 Å². The van der Waals surface area contributed by atoms with Crippen molar-refractivity contribution in [3.05, 3.63) is 35.5 Å². The van der Waals surface area contributed by atoms with Crippen LogP contribution in [0.15, 0.2) is 35.5 Å². The summed E-state index contributed by atoms with van der Waals surface area (Å²) >= 11 is 0. The molecule has 0 aromatic heterocycles. The smallest absolute Gasteiger partial charge is 0.192 e. The average Bonchev–Trinajstić information content (AvgIpc) is 2.77. The molecule has 0 unspecified atom stereocenters. The third-order valence-corrected chi connectivity index (χ3v) is 21.9. The molecule has 4 heteroatoms. The van der Waals surface area contributed by atoms with Crippen molar-refractivity contribution < 1.29 is 9.16 Å². The molecule has 2 fully saturated rings. The number of ether oxygens (including phenoxy) is 1. The Morgan fingerprint density at radius 1 is 1.00 bits per heavy atom. The highest BCUT2D eigenvalue weighted by molar-refractivity contribution is 6.81. The van der Waals surface area contributed by atoms with E-state index in [-0.39, 0.29) is 11.1 Å². The Kier molecular flexibility index (Phi) is 11.8. The van der Waals surface area contributed by atoms with Gasteiger partial charge in [0.15, 0.2) is 8.32 Å². The van der Waals surface area contributed by atoms with Crippen molar-refractivity contribution in [2.75, 3.05) is 13.2 Å². The van der Waals surface area contributed by atoms with E-state index < -0.39 is 16.4 Å². The molecule has 39 heavy (non-hydrogen) atoms. The van der Waals surface area contributed by atoms with Crippen LogP contribution in [0.5, 0.6) is 0 Å². The van der Waals surface area contributed by atoms with Crippen LogP contribution in [0.25, 0.3) is 0 Å². The van der Waals surface area contributed by atoms with E-state index >= 15 is 0 Å². The van der Waals surface area contributed by atoms with Gasteiger partial charge >= 0.3 is 0 Å². The topological polar surface area (TPSA) is 18.5 Å². The van der Waals surface area contributed by atoms with Crippen LogP contribution >= 0.6 is 0 Å². The first-order valence-electron chi connectivity index (χ1n) is 16.0. The van der Waals surface area contributed by atoms with Gasteiger partial charge in [0.1, 0.15) is 0 Å². The minimum Gasteiger partial charge on any atom is -0.410 e. The van der Waals surface area contributed by atoms with Crippen LogP contribution in [0.4, 0.5) is 0 Å². The van der Waals surface area contributed by atoms with Gasteiger partial charge < -0.3 is 9.16 Å². The summed E-state index contributed by atoms with van der Waals surface area (Å²) in [6.45, 7) is 38.0. The number of rotatable bonds is 10. The molecule has 0 saturated heterocycles. The second kappa shape index (κ2) is 13.3. The van der Waals surface area contributed by atoms with Gasteiger partial charge in [-0.05, 0) is 103 Å². The zero-order valence-electron chi connectivity index (χ0n) is 28.5. The zero-order chi connectivity index (χ0) is 29.9.